The third-order valence-electron chi connectivity index (χ3n) is 3.44. The van der Waals surface area contributed by atoms with Crippen LogP contribution in [0.4, 0.5) is 0 Å². The number of rotatable bonds is 7. The molecule has 0 heterocycles. The third kappa shape index (κ3) is 5.87. The summed E-state index contributed by atoms with van der Waals surface area (Å²) in [6.07, 6.45) is 5.57. The molecule has 0 spiro atoms. The van der Waals surface area contributed by atoms with Crippen molar-refractivity contribution in [2.24, 2.45) is 5.41 Å². The highest BCUT2D eigenvalue weighted by Gasteiger charge is 2.25. The Morgan fingerprint density at radius 2 is 2.00 bits per heavy atom. The Morgan fingerprint density at radius 3 is 2.50 bits per heavy atom. The zero-order valence-electron chi connectivity index (χ0n) is 13.2. The number of esters is 1. The lowest BCUT2D eigenvalue weighted by Gasteiger charge is -2.24. The summed E-state index contributed by atoms with van der Waals surface area (Å²) in [7, 11) is 0. The number of ether oxygens (including phenoxy) is 2. The molecule has 1 aliphatic rings. The molecule has 1 rings (SSSR count). The van der Waals surface area contributed by atoms with Gasteiger partial charge >= 0.3 is 5.97 Å². The summed E-state index contributed by atoms with van der Waals surface area (Å²) in [6.45, 7) is 10.1. The number of ketones is 1. The van der Waals surface area contributed by atoms with Crippen molar-refractivity contribution in [2.45, 2.75) is 59.5 Å². The highest BCUT2D eigenvalue weighted by Crippen LogP contribution is 2.36. The number of Topliss-reactive ketones (excluding diaryl/α,β-unsaturated/α-hetero) is 1. The second kappa shape index (κ2) is 6.53. The van der Waals surface area contributed by atoms with Gasteiger partial charge in [0.05, 0.1) is 12.2 Å². The zero-order valence-corrected chi connectivity index (χ0v) is 13.2. The molecule has 0 radical (unpaired) electrons. The minimum absolute atomic E-state index is 0.0932. The molecule has 0 atom stereocenters. The normalized spacial score (nSPS) is 17.8. The van der Waals surface area contributed by atoms with Gasteiger partial charge in [-0.3, -0.25) is 4.79 Å². The monoisotopic (exact) mass is 282 g/mol. The van der Waals surface area contributed by atoms with E-state index >= 15 is 0 Å². The van der Waals surface area contributed by atoms with Crippen molar-refractivity contribution in [3.8, 4) is 0 Å². The molecule has 0 unspecified atom stereocenters. The fraction of sp³-hybridized carbons (Fsp3) is 0.750. The molecule has 0 saturated heterocycles. The molecule has 0 aromatic rings. The van der Waals surface area contributed by atoms with Crippen LogP contribution in [0.25, 0.3) is 0 Å². The van der Waals surface area contributed by atoms with Gasteiger partial charge in [0.25, 0.3) is 0 Å². The second-order valence-electron chi connectivity index (χ2n) is 6.78. The Bertz CT molecular complexity index is 405. The summed E-state index contributed by atoms with van der Waals surface area (Å²) in [5.74, 6) is -1.39. The lowest BCUT2D eigenvalue weighted by atomic mass is 9.94. The molecule has 0 bridgehead atoms. The summed E-state index contributed by atoms with van der Waals surface area (Å²) >= 11 is 0. The molecule has 0 fully saturated rings. The van der Waals surface area contributed by atoms with Crippen LogP contribution < -0.4 is 0 Å². The molecule has 0 aromatic heterocycles. The van der Waals surface area contributed by atoms with Crippen LogP contribution in [0.15, 0.2) is 11.6 Å². The van der Waals surface area contributed by atoms with Gasteiger partial charge in [-0.2, -0.15) is 0 Å². The molecular weight excluding hydrogens is 256 g/mol. The topological polar surface area (TPSA) is 52.6 Å². The zero-order chi connectivity index (χ0) is 15.4. The molecule has 1 aliphatic carbocycles. The molecule has 20 heavy (non-hydrogen) atoms. The average molecular weight is 282 g/mol. The van der Waals surface area contributed by atoms with Crippen LogP contribution in [0.1, 0.15) is 53.9 Å². The molecule has 114 valence electrons. The van der Waals surface area contributed by atoms with Crippen molar-refractivity contribution >= 4 is 11.8 Å². The highest BCUT2D eigenvalue weighted by molar-refractivity contribution is 6.32. The van der Waals surface area contributed by atoms with Crippen molar-refractivity contribution in [3.63, 3.8) is 0 Å². The summed E-state index contributed by atoms with van der Waals surface area (Å²) in [6, 6.07) is 0. The van der Waals surface area contributed by atoms with Crippen molar-refractivity contribution in [1.82, 2.24) is 0 Å². The number of hydrogen-bond donors (Lipinski definition) is 0. The van der Waals surface area contributed by atoms with E-state index in [2.05, 4.69) is 19.9 Å². The molecular formula is C16H26O4. The fourth-order valence-electron chi connectivity index (χ4n) is 2.22. The smallest absolute Gasteiger partial charge is 0.374 e. The van der Waals surface area contributed by atoms with Gasteiger partial charge < -0.3 is 9.47 Å². The van der Waals surface area contributed by atoms with Crippen LogP contribution >= 0.6 is 0 Å². The van der Waals surface area contributed by atoms with Gasteiger partial charge in [0.15, 0.2) is 0 Å². The number of allylic oxidation sites excluding steroid dienone is 1. The Morgan fingerprint density at radius 1 is 1.35 bits per heavy atom. The van der Waals surface area contributed by atoms with Crippen LogP contribution in [0.2, 0.25) is 0 Å². The van der Waals surface area contributed by atoms with Crippen molar-refractivity contribution in [3.05, 3.63) is 11.6 Å². The summed E-state index contributed by atoms with van der Waals surface area (Å²) < 4.78 is 10.7. The van der Waals surface area contributed by atoms with E-state index in [-0.39, 0.29) is 6.61 Å². The van der Waals surface area contributed by atoms with Crippen LogP contribution in [-0.4, -0.2) is 30.6 Å². The first kappa shape index (κ1) is 16.9. The van der Waals surface area contributed by atoms with Gasteiger partial charge in [-0.05, 0) is 38.5 Å². The van der Waals surface area contributed by atoms with E-state index in [1.165, 1.54) is 18.9 Å². The lowest BCUT2D eigenvalue weighted by molar-refractivity contribution is -0.159. The molecule has 0 N–H and O–H groups in total. The molecule has 4 heteroatoms. The first-order valence-corrected chi connectivity index (χ1v) is 7.14. The standard InChI is InChI=1S/C16H26O4/c1-12(17)14(18)19-11-16(4,5)20-9-7-13-6-8-15(2,3)10-13/h10H,6-9,11H2,1-5H3. The Hall–Kier alpha value is -1.16. The number of hydrogen-bond acceptors (Lipinski definition) is 4. The maximum Gasteiger partial charge on any atom is 0.374 e. The first-order chi connectivity index (χ1) is 9.11. The van der Waals surface area contributed by atoms with Crippen LogP contribution in [0.5, 0.6) is 0 Å². The van der Waals surface area contributed by atoms with Crippen molar-refractivity contribution in [1.29, 1.82) is 0 Å². The minimum atomic E-state index is -0.804. The first-order valence-electron chi connectivity index (χ1n) is 7.14. The maximum atomic E-state index is 11.1. The Balaban J connectivity index is 2.30. The Labute approximate surface area is 121 Å². The van der Waals surface area contributed by atoms with E-state index in [4.69, 9.17) is 9.47 Å². The minimum Gasteiger partial charge on any atom is -0.457 e. The quantitative estimate of drug-likeness (QED) is 0.409. The van der Waals surface area contributed by atoms with Crippen LogP contribution in [-0.2, 0) is 19.1 Å². The lowest BCUT2D eigenvalue weighted by Crippen LogP contribution is -2.33. The van der Waals surface area contributed by atoms with E-state index in [1.807, 2.05) is 13.8 Å². The van der Waals surface area contributed by atoms with E-state index in [9.17, 15) is 9.59 Å². The summed E-state index contributed by atoms with van der Waals surface area (Å²) in [5, 5.41) is 0. The van der Waals surface area contributed by atoms with Crippen molar-refractivity contribution < 1.29 is 19.1 Å². The number of carbonyl (C=O) groups excluding carboxylic acids is 2. The van der Waals surface area contributed by atoms with Gasteiger partial charge in [0.2, 0.25) is 5.78 Å². The van der Waals surface area contributed by atoms with E-state index in [0.717, 1.165) is 12.8 Å². The SMILES string of the molecule is CC(=O)C(=O)OCC(C)(C)OCCC1=CC(C)(C)CC1. The maximum absolute atomic E-state index is 11.1. The Kier molecular flexibility index (Phi) is 5.51. The van der Waals surface area contributed by atoms with Gasteiger partial charge in [-0.15, -0.1) is 0 Å². The van der Waals surface area contributed by atoms with Gasteiger partial charge in [0.1, 0.15) is 6.61 Å². The second-order valence-corrected chi connectivity index (χ2v) is 6.78. The average Bonchev–Trinajstić information content (AvgIpc) is 2.65. The third-order valence-corrected chi connectivity index (χ3v) is 3.44. The van der Waals surface area contributed by atoms with Gasteiger partial charge in [0, 0.05) is 6.92 Å². The predicted octanol–water partition coefficient (Wildman–Crippen LogP) is 3.05. The predicted molar refractivity (Wildman–Crippen MR) is 77.4 cm³/mol. The molecule has 4 nitrogen and oxygen atoms in total. The summed E-state index contributed by atoms with van der Waals surface area (Å²) in [4.78, 5) is 21.9. The van der Waals surface area contributed by atoms with E-state index < -0.39 is 17.4 Å². The molecule has 0 saturated carbocycles. The van der Waals surface area contributed by atoms with Crippen LogP contribution in [0, 0.1) is 5.41 Å². The summed E-state index contributed by atoms with van der Waals surface area (Å²) in [5.41, 5.74) is 1.17. The van der Waals surface area contributed by atoms with Crippen LogP contribution in [0.3, 0.4) is 0 Å². The highest BCUT2D eigenvalue weighted by atomic mass is 16.6. The fourth-order valence-corrected chi connectivity index (χ4v) is 2.22. The van der Waals surface area contributed by atoms with Gasteiger partial charge in [-0.1, -0.05) is 25.5 Å². The molecule has 0 aromatic carbocycles. The van der Waals surface area contributed by atoms with Gasteiger partial charge in [-0.25, -0.2) is 4.79 Å². The largest absolute Gasteiger partial charge is 0.457 e. The van der Waals surface area contributed by atoms with E-state index in [1.54, 1.807) is 0 Å². The van der Waals surface area contributed by atoms with E-state index in [0.29, 0.717) is 12.0 Å². The number of carbonyl (C=O) groups is 2. The molecule has 0 amide bonds. The van der Waals surface area contributed by atoms with Crippen molar-refractivity contribution in [2.75, 3.05) is 13.2 Å². The molecule has 0 aliphatic heterocycles.